The summed E-state index contributed by atoms with van der Waals surface area (Å²) in [5.41, 5.74) is 0.903. The molecule has 2 aliphatic rings. The maximum Gasteiger partial charge on any atom is 0.249 e. The Bertz CT molecular complexity index is 976. The molecule has 1 N–H and O–H groups in total. The first-order valence-electron chi connectivity index (χ1n) is 8.91. The van der Waals surface area contributed by atoms with E-state index in [1.54, 1.807) is 39.3 Å². The van der Waals surface area contributed by atoms with Crippen molar-refractivity contribution in [1.82, 2.24) is 9.88 Å². The number of amides is 2. The van der Waals surface area contributed by atoms with Crippen molar-refractivity contribution < 1.29 is 9.59 Å². The number of carbonyl (C=O) groups excluding carboxylic acids is 2. The molecule has 2 atom stereocenters. The molecule has 0 radical (unpaired) electrons. The van der Waals surface area contributed by atoms with Crippen molar-refractivity contribution in [2.75, 3.05) is 11.1 Å². The number of thiazole rings is 1. The minimum atomic E-state index is -0.427. The lowest BCUT2D eigenvalue weighted by atomic mass is 10.2. The lowest BCUT2D eigenvalue weighted by Crippen LogP contribution is -2.48. The van der Waals surface area contributed by atoms with Crippen LogP contribution in [0.5, 0.6) is 0 Å². The number of rotatable bonds is 4. The van der Waals surface area contributed by atoms with Crippen LogP contribution in [0.4, 0.5) is 5.13 Å². The molecule has 0 aliphatic carbocycles. The first-order chi connectivity index (χ1) is 13.5. The first kappa shape index (κ1) is 18.4. The molecule has 0 unspecified atom stereocenters. The van der Waals surface area contributed by atoms with Crippen molar-refractivity contribution in [3.8, 4) is 20.3 Å². The van der Waals surface area contributed by atoms with E-state index in [1.807, 2.05) is 29.0 Å². The number of carbonyl (C=O) groups is 2. The summed E-state index contributed by atoms with van der Waals surface area (Å²) in [6.07, 6.45) is 1.33. The van der Waals surface area contributed by atoms with Crippen LogP contribution in [0.3, 0.4) is 0 Å². The number of aromatic nitrogens is 1. The second-order valence-corrected chi connectivity index (χ2v) is 11.3. The monoisotopic (exact) mass is 447 g/mol. The van der Waals surface area contributed by atoms with Gasteiger partial charge in [0, 0.05) is 17.1 Å². The summed E-state index contributed by atoms with van der Waals surface area (Å²) in [6, 6.07) is 7.72. The molecule has 0 aromatic carbocycles. The molecule has 9 heteroatoms. The molecule has 5 nitrogen and oxygen atoms in total. The average Bonchev–Trinajstić information content (AvgIpc) is 3.45. The highest BCUT2D eigenvalue weighted by Crippen LogP contribution is 2.48. The van der Waals surface area contributed by atoms with E-state index in [2.05, 4.69) is 18.3 Å². The molecule has 0 spiro atoms. The molecule has 2 fully saturated rings. The van der Waals surface area contributed by atoms with Gasteiger partial charge in [0.15, 0.2) is 5.13 Å². The predicted octanol–water partition coefficient (Wildman–Crippen LogP) is 4.99. The van der Waals surface area contributed by atoms with Gasteiger partial charge >= 0.3 is 0 Å². The summed E-state index contributed by atoms with van der Waals surface area (Å²) >= 11 is 6.49. The first-order valence-corrected chi connectivity index (χ1v) is 12.5. The Morgan fingerprint density at radius 1 is 1.25 bits per heavy atom. The van der Waals surface area contributed by atoms with E-state index in [-0.39, 0.29) is 16.7 Å². The van der Waals surface area contributed by atoms with Crippen molar-refractivity contribution in [2.24, 2.45) is 0 Å². The third kappa shape index (κ3) is 3.01. The standard InChI is InChI=1S/C19H17N3O2S4/c1-19-7-6-14(23)22(19)11(10-27-19)17(24)21-18-20-15(12-4-2-8-25-12)16(28-18)13-5-3-9-26-13/h2-5,8-9,11H,6-7,10H2,1H3,(H,20,21,24)/t11-,19-/m0/s1. The van der Waals surface area contributed by atoms with Gasteiger partial charge in [0.2, 0.25) is 11.8 Å². The Balaban J connectivity index is 1.44. The summed E-state index contributed by atoms with van der Waals surface area (Å²) in [7, 11) is 0. The number of thioether (sulfide) groups is 1. The smallest absolute Gasteiger partial charge is 0.249 e. The molecule has 0 saturated carbocycles. The normalized spacial score (nSPS) is 24.0. The van der Waals surface area contributed by atoms with Gasteiger partial charge in [-0.3, -0.25) is 9.59 Å². The predicted molar refractivity (Wildman–Crippen MR) is 118 cm³/mol. The van der Waals surface area contributed by atoms with Crippen LogP contribution in [-0.4, -0.2) is 38.4 Å². The maximum absolute atomic E-state index is 13.0. The molecule has 2 amide bonds. The summed E-state index contributed by atoms with van der Waals surface area (Å²) in [5.74, 6) is 0.565. The van der Waals surface area contributed by atoms with Crippen molar-refractivity contribution >= 4 is 62.7 Å². The van der Waals surface area contributed by atoms with Crippen molar-refractivity contribution in [3.63, 3.8) is 0 Å². The number of thiophene rings is 2. The van der Waals surface area contributed by atoms with E-state index in [0.29, 0.717) is 17.3 Å². The van der Waals surface area contributed by atoms with Gasteiger partial charge in [0.25, 0.3) is 0 Å². The van der Waals surface area contributed by atoms with E-state index in [0.717, 1.165) is 26.7 Å². The molecular weight excluding hydrogens is 430 g/mol. The lowest BCUT2D eigenvalue weighted by Gasteiger charge is -2.29. The van der Waals surface area contributed by atoms with Gasteiger partial charge < -0.3 is 10.2 Å². The van der Waals surface area contributed by atoms with Gasteiger partial charge in [-0.1, -0.05) is 23.5 Å². The fraction of sp³-hybridized carbons (Fsp3) is 0.316. The third-order valence-corrected chi connectivity index (χ3v) is 9.51. The Morgan fingerprint density at radius 2 is 2.00 bits per heavy atom. The van der Waals surface area contributed by atoms with Gasteiger partial charge in [0.05, 0.1) is 14.6 Å². The third-order valence-electron chi connectivity index (χ3n) is 5.10. The van der Waals surface area contributed by atoms with Crippen LogP contribution in [0.15, 0.2) is 35.0 Å². The number of hydrogen-bond acceptors (Lipinski definition) is 7. The Morgan fingerprint density at radius 3 is 2.71 bits per heavy atom. The number of anilines is 1. The van der Waals surface area contributed by atoms with Crippen LogP contribution < -0.4 is 5.32 Å². The molecule has 5 heterocycles. The van der Waals surface area contributed by atoms with E-state index in [4.69, 9.17) is 4.98 Å². The molecule has 3 aromatic heterocycles. The largest absolute Gasteiger partial charge is 0.315 e. The van der Waals surface area contributed by atoms with Gasteiger partial charge in [-0.25, -0.2) is 4.98 Å². The Labute approximate surface area is 178 Å². The minimum absolute atomic E-state index is 0.0744. The van der Waals surface area contributed by atoms with E-state index < -0.39 is 6.04 Å². The van der Waals surface area contributed by atoms with Crippen LogP contribution in [0.25, 0.3) is 20.3 Å². The van der Waals surface area contributed by atoms with Crippen LogP contribution in [0.2, 0.25) is 0 Å². The highest BCUT2D eigenvalue weighted by atomic mass is 32.2. The molecule has 5 rings (SSSR count). The molecule has 0 bridgehead atoms. The van der Waals surface area contributed by atoms with E-state index >= 15 is 0 Å². The average molecular weight is 448 g/mol. The molecular formula is C19H17N3O2S4. The van der Waals surface area contributed by atoms with Gasteiger partial charge in [-0.05, 0) is 36.2 Å². The van der Waals surface area contributed by atoms with Crippen LogP contribution >= 0.6 is 45.8 Å². The topological polar surface area (TPSA) is 62.3 Å². The van der Waals surface area contributed by atoms with Gasteiger partial charge in [0.1, 0.15) is 11.7 Å². The highest BCUT2D eigenvalue weighted by molar-refractivity contribution is 8.01. The number of nitrogens with one attached hydrogen (secondary N) is 1. The second-order valence-electron chi connectivity index (χ2n) is 6.91. The Hall–Kier alpha value is -1.68. The molecule has 3 aromatic rings. The summed E-state index contributed by atoms with van der Waals surface area (Å²) < 4.78 is 0. The SMILES string of the molecule is C[C@]12CCC(=O)N1[C@H](C(=O)Nc1nc(-c3cccs3)c(-c3cccs3)s1)CS2. The molecule has 2 saturated heterocycles. The fourth-order valence-electron chi connectivity index (χ4n) is 3.73. The zero-order valence-corrected chi connectivity index (χ0v) is 18.3. The molecule has 144 valence electrons. The Kier molecular flexibility index (Phi) is 4.58. The zero-order valence-electron chi connectivity index (χ0n) is 15.0. The minimum Gasteiger partial charge on any atom is -0.315 e. The quantitative estimate of drug-likeness (QED) is 0.612. The fourth-order valence-corrected chi connectivity index (χ4v) is 7.79. The van der Waals surface area contributed by atoms with Crippen molar-refractivity contribution in [2.45, 2.75) is 30.7 Å². The van der Waals surface area contributed by atoms with Crippen LogP contribution in [-0.2, 0) is 9.59 Å². The van der Waals surface area contributed by atoms with Gasteiger partial charge in [-0.15, -0.1) is 34.4 Å². The zero-order chi connectivity index (χ0) is 19.3. The van der Waals surface area contributed by atoms with E-state index in [1.165, 1.54) is 11.3 Å². The van der Waals surface area contributed by atoms with Crippen molar-refractivity contribution in [1.29, 1.82) is 0 Å². The summed E-state index contributed by atoms with van der Waals surface area (Å²) in [4.78, 5) is 34.9. The second kappa shape index (κ2) is 6.98. The van der Waals surface area contributed by atoms with Crippen molar-refractivity contribution in [3.05, 3.63) is 35.0 Å². The number of nitrogens with zero attached hydrogens (tertiary/aromatic N) is 2. The maximum atomic E-state index is 13.0. The lowest BCUT2D eigenvalue weighted by molar-refractivity contribution is -0.135. The van der Waals surface area contributed by atoms with Crippen LogP contribution in [0, 0.1) is 0 Å². The van der Waals surface area contributed by atoms with Gasteiger partial charge in [-0.2, -0.15) is 0 Å². The summed E-state index contributed by atoms with van der Waals surface area (Å²) in [5, 5.41) is 7.65. The molecule has 2 aliphatic heterocycles. The number of fused-ring (bicyclic) bond motifs is 1. The molecule has 28 heavy (non-hydrogen) atoms. The highest BCUT2D eigenvalue weighted by Gasteiger charge is 2.53. The van der Waals surface area contributed by atoms with Crippen LogP contribution in [0.1, 0.15) is 19.8 Å². The number of hydrogen-bond donors (Lipinski definition) is 1. The van der Waals surface area contributed by atoms with E-state index in [9.17, 15) is 9.59 Å². The summed E-state index contributed by atoms with van der Waals surface area (Å²) in [6.45, 7) is 2.06.